The lowest BCUT2D eigenvalue weighted by Crippen LogP contribution is -2.45. The van der Waals surface area contributed by atoms with Gasteiger partial charge in [0.1, 0.15) is 0 Å². The summed E-state index contributed by atoms with van der Waals surface area (Å²) in [6, 6.07) is 5.37. The van der Waals surface area contributed by atoms with Gasteiger partial charge >= 0.3 is 0 Å². The summed E-state index contributed by atoms with van der Waals surface area (Å²) in [4.78, 5) is 13.9. The number of nitrogens with one attached hydrogen (secondary N) is 1. The van der Waals surface area contributed by atoms with Gasteiger partial charge in [-0.2, -0.15) is 0 Å². The third kappa shape index (κ3) is 2.98. The number of morpholine rings is 1. The second-order valence-corrected chi connectivity index (χ2v) is 5.02. The lowest BCUT2D eigenvalue weighted by Gasteiger charge is -2.37. The minimum atomic E-state index is -0.101. The van der Waals surface area contributed by atoms with Gasteiger partial charge in [-0.1, -0.05) is 0 Å². The fourth-order valence-corrected chi connectivity index (χ4v) is 2.48. The molecular formula is C14H21N3O2. The summed E-state index contributed by atoms with van der Waals surface area (Å²) in [6.07, 6.45) is 0.318. The summed E-state index contributed by atoms with van der Waals surface area (Å²) >= 11 is 0. The SMILES string of the molecule is CNC(=O)c1ccc(N)c(N2C[C@@H](C)O[C@@H](C)C2)c1. The summed E-state index contributed by atoms with van der Waals surface area (Å²) in [5.41, 5.74) is 8.26. The van der Waals surface area contributed by atoms with Gasteiger partial charge in [-0.05, 0) is 32.0 Å². The Balaban J connectivity index is 2.30. The molecule has 1 saturated heterocycles. The van der Waals surface area contributed by atoms with Crippen molar-refractivity contribution in [2.24, 2.45) is 0 Å². The van der Waals surface area contributed by atoms with Crippen LogP contribution in [-0.2, 0) is 4.74 Å². The molecule has 19 heavy (non-hydrogen) atoms. The Hall–Kier alpha value is -1.75. The minimum absolute atomic E-state index is 0.101. The van der Waals surface area contributed by atoms with Gasteiger partial charge in [0, 0.05) is 25.7 Å². The van der Waals surface area contributed by atoms with Crippen molar-refractivity contribution in [1.82, 2.24) is 5.32 Å². The van der Waals surface area contributed by atoms with Gasteiger partial charge < -0.3 is 20.7 Å². The molecule has 0 unspecified atom stereocenters. The topological polar surface area (TPSA) is 67.6 Å². The van der Waals surface area contributed by atoms with Gasteiger partial charge in [-0.3, -0.25) is 4.79 Å². The van der Waals surface area contributed by atoms with Crippen LogP contribution in [0.25, 0.3) is 0 Å². The molecule has 0 aromatic heterocycles. The number of hydrogen-bond donors (Lipinski definition) is 2. The van der Waals surface area contributed by atoms with Crippen LogP contribution in [0.5, 0.6) is 0 Å². The first-order valence-electron chi connectivity index (χ1n) is 6.53. The summed E-state index contributed by atoms with van der Waals surface area (Å²) < 4.78 is 5.71. The first kappa shape index (κ1) is 13.7. The molecule has 1 aliphatic rings. The Kier molecular flexibility index (Phi) is 3.95. The van der Waals surface area contributed by atoms with E-state index in [9.17, 15) is 4.79 Å². The molecule has 1 aliphatic heterocycles. The van der Waals surface area contributed by atoms with Gasteiger partial charge in [0.05, 0.1) is 23.6 Å². The standard InChI is InChI=1S/C14H21N3O2/c1-9-7-17(8-10(2)19-9)13-6-11(14(18)16-3)4-5-12(13)15/h4-6,9-10H,7-8,15H2,1-3H3,(H,16,18)/t9-,10+. The fraction of sp³-hybridized carbons (Fsp3) is 0.500. The molecule has 2 rings (SSSR count). The van der Waals surface area contributed by atoms with Crippen LogP contribution in [0.1, 0.15) is 24.2 Å². The maximum Gasteiger partial charge on any atom is 0.251 e. The number of carbonyl (C=O) groups is 1. The highest BCUT2D eigenvalue weighted by atomic mass is 16.5. The largest absolute Gasteiger partial charge is 0.397 e. The van der Waals surface area contributed by atoms with Gasteiger partial charge in [-0.15, -0.1) is 0 Å². The van der Waals surface area contributed by atoms with Crippen LogP contribution in [0.2, 0.25) is 0 Å². The molecule has 0 spiro atoms. The van der Waals surface area contributed by atoms with Crippen LogP contribution >= 0.6 is 0 Å². The molecule has 1 aromatic rings. The van der Waals surface area contributed by atoms with E-state index in [4.69, 9.17) is 10.5 Å². The highest BCUT2D eigenvalue weighted by Gasteiger charge is 2.24. The summed E-state index contributed by atoms with van der Waals surface area (Å²) in [7, 11) is 1.62. The smallest absolute Gasteiger partial charge is 0.251 e. The summed E-state index contributed by atoms with van der Waals surface area (Å²) in [6.45, 7) is 5.65. The Morgan fingerprint density at radius 2 is 2.00 bits per heavy atom. The molecule has 1 amide bonds. The number of benzene rings is 1. The first-order valence-corrected chi connectivity index (χ1v) is 6.53. The van der Waals surface area contributed by atoms with Gasteiger partial charge in [0.25, 0.3) is 5.91 Å². The van der Waals surface area contributed by atoms with Crippen LogP contribution in [-0.4, -0.2) is 38.3 Å². The van der Waals surface area contributed by atoms with E-state index in [1.54, 1.807) is 19.2 Å². The zero-order valence-corrected chi connectivity index (χ0v) is 11.6. The van der Waals surface area contributed by atoms with E-state index in [2.05, 4.69) is 10.2 Å². The Morgan fingerprint density at radius 3 is 2.58 bits per heavy atom. The Bertz CT molecular complexity index is 466. The molecular weight excluding hydrogens is 242 g/mol. The lowest BCUT2D eigenvalue weighted by atomic mass is 10.1. The van der Waals surface area contributed by atoms with Crippen molar-refractivity contribution in [1.29, 1.82) is 0 Å². The van der Waals surface area contributed by atoms with Crippen molar-refractivity contribution in [2.75, 3.05) is 30.8 Å². The maximum absolute atomic E-state index is 11.7. The average molecular weight is 263 g/mol. The zero-order chi connectivity index (χ0) is 14.0. The van der Waals surface area contributed by atoms with Gasteiger partial charge in [-0.25, -0.2) is 0 Å². The van der Waals surface area contributed by atoms with Crippen molar-refractivity contribution in [3.63, 3.8) is 0 Å². The van der Waals surface area contributed by atoms with E-state index in [0.29, 0.717) is 11.3 Å². The number of anilines is 2. The van der Waals surface area contributed by atoms with Crippen LogP contribution < -0.4 is 16.0 Å². The van der Waals surface area contributed by atoms with E-state index in [1.165, 1.54) is 0 Å². The number of nitrogens with zero attached hydrogens (tertiary/aromatic N) is 1. The molecule has 104 valence electrons. The second-order valence-electron chi connectivity index (χ2n) is 5.02. The highest BCUT2D eigenvalue weighted by molar-refractivity contribution is 5.96. The zero-order valence-electron chi connectivity index (χ0n) is 11.6. The number of rotatable bonds is 2. The van der Waals surface area contributed by atoms with E-state index in [-0.39, 0.29) is 18.1 Å². The normalized spacial score (nSPS) is 23.2. The minimum Gasteiger partial charge on any atom is -0.397 e. The number of hydrogen-bond acceptors (Lipinski definition) is 4. The van der Waals surface area contributed by atoms with Crippen LogP contribution in [0.3, 0.4) is 0 Å². The van der Waals surface area contributed by atoms with Crippen molar-refractivity contribution in [3.05, 3.63) is 23.8 Å². The Morgan fingerprint density at radius 1 is 1.37 bits per heavy atom. The summed E-state index contributed by atoms with van der Waals surface area (Å²) in [5.74, 6) is -0.101. The highest BCUT2D eigenvalue weighted by Crippen LogP contribution is 2.27. The molecule has 0 radical (unpaired) electrons. The van der Waals surface area contributed by atoms with Gasteiger partial charge in [0.2, 0.25) is 0 Å². The second kappa shape index (κ2) is 5.48. The molecule has 3 N–H and O–H groups in total. The fourth-order valence-electron chi connectivity index (χ4n) is 2.48. The number of amides is 1. The first-order chi connectivity index (χ1) is 9.01. The maximum atomic E-state index is 11.7. The van der Waals surface area contributed by atoms with E-state index in [1.807, 2.05) is 19.9 Å². The van der Waals surface area contributed by atoms with Crippen LogP contribution in [0.15, 0.2) is 18.2 Å². The van der Waals surface area contributed by atoms with Crippen LogP contribution in [0, 0.1) is 0 Å². The molecule has 1 fully saturated rings. The van der Waals surface area contributed by atoms with Crippen molar-refractivity contribution in [2.45, 2.75) is 26.1 Å². The lowest BCUT2D eigenvalue weighted by molar-refractivity contribution is -0.00517. The third-order valence-corrected chi connectivity index (χ3v) is 3.28. The number of ether oxygens (including phenoxy) is 1. The monoisotopic (exact) mass is 263 g/mol. The van der Waals surface area contributed by atoms with E-state index >= 15 is 0 Å². The third-order valence-electron chi connectivity index (χ3n) is 3.28. The Labute approximate surface area is 113 Å². The van der Waals surface area contributed by atoms with Crippen molar-refractivity contribution >= 4 is 17.3 Å². The van der Waals surface area contributed by atoms with E-state index < -0.39 is 0 Å². The summed E-state index contributed by atoms with van der Waals surface area (Å²) in [5, 5.41) is 2.63. The predicted molar refractivity (Wildman–Crippen MR) is 76.5 cm³/mol. The van der Waals surface area contributed by atoms with Crippen molar-refractivity contribution in [3.8, 4) is 0 Å². The molecule has 0 saturated carbocycles. The number of nitrogens with two attached hydrogens (primary N) is 1. The van der Waals surface area contributed by atoms with Crippen molar-refractivity contribution < 1.29 is 9.53 Å². The molecule has 2 atom stereocenters. The predicted octanol–water partition coefficient (Wildman–Crippen LogP) is 1.24. The average Bonchev–Trinajstić information content (AvgIpc) is 2.37. The molecule has 5 heteroatoms. The van der Waals surface area contributed by atoms with E-state index in [0.717, 1.165) is 18.8 Å². The molecule has 1 heterocycles. The molecule has 5 nitrogen and oxygen atoms in total. The number of carbonyl (C=O) groups excluding carboxylic acids is 1. The van der Waals surface area contributed by atoms with Crippen LogP contribution in [0.4, 0.5) is 11.4 Å². The van der Waals surface area contributed by atoms with Gasteiger partial charge in [0.15, 0.2) is 0 Å². The molecule has 0 aliphatic carbocycles. The molecule has 1 aromatic carbocycles. The molecule has 0 bridgehead atoms. The quantitative estimate of drug-likeness (QED) is 0.788. The number of nitrogen functional groups attached to an aromatic ring is 1.